The Morgan fingerprint density at radius 3 is 2.74 bits per heavy atom. The molecular weight excluding hydrogens is 463 g/mol. The highest BCUT2D eigenvalue weighted by Crippen LogP contribution is 2.31. The number of sulfonamides is 1. The first-order valence-corrected chi connectivity index (χ1v) is 12.8. The van der Waals surface area contributed by atoms with E-state index in [0.29, 0.717) is 12.8 Å². The van der Waals surface area contributed by atoms with E-state index in [9.17, 15) is 22.4 Å². The quantitative estimate of drug-likeness (QED) is 0.435. The largest absolute Gasteiger partial charge is 0.481 e. The lowest BCUT2D eigenvalue weighted by atomic mass is 9.88. The van der Waals surface area contributed by atoms with Crippen molar-refractivity contribution in [1.29, 1.82) is 0 Å². The lowest BCUT2D eigenvalue weighted by molar-refractivity contribution is -0.158. The molecule has 3 heterocycles. The molecule has 0 radical (unpaired) electrons. The Morgan fingerprint density at radius 1 is 1.24 bits per heavy atom. The molecule has 2 atom stereocenters. The van der Waals surface area contributed by atoms with Crippen LogP contribution < -0.4 is 10.0 Å². The van der Waals surface area contributed by atoms with Gasteiger partial charge >= 0.3 is 5.97 Å². The van der Waals surface area contributed by atoms with Crippen LogP contribution >= 0.6 is 0 Å². The molecular formula is C23H27FN4O5S. The third kappa shape index (κ3) is 5.36. The number of halogens is 1. The third-order valence-electron chi connectivity index (χ3n) is 6.17. The Kier molecular flexibility index (Phi) is 7.13. The van der Waals surface area contributed by atoms with Gasteiger partial charge in [0.1, 0.15) is 17.8 Å². The number of hydrogen-bond donors (Lipinski definition) is 3. The van der Waals surface area contributed by atoms with Gasteiger partial charge in [0.25, 0.3) is 0 Å². The van der Waals surface area contributed by atoms with Crippen molar-refractivity contribution in [1.82, 2.24) is 14.6 Å². The number of nitrogens with one attached hydrogen (secondary N) is 2. The molecule has 0 saturated carbocycles. The van der Waals surface area contributed by atoms with Crippen LogP contribution in [0.4, 0.5) is 10.2 Å². The first-order chi connectivity index (χ1) is 16.2. The normalized spacial score (nSPS) is 19.8. The number of aliphatic carboxylic acids is 1. The summed E-state index contributed by atoms with van der Waals surface area (Å²) in [5.74, 6) is -1.52. The maximum absolute atomic E-state index is 13.2. The van der Waals surface area contributed by atoms with Crippen molar-refractivity contribution in [2.75, 3.05) is 18.4 Å². The average Bonchev–Trinajstić information content (AvgIpc) is 2.81. The van der Waals surface area contributed by atoms with Crippen molar-refractivity contribution in [3.63, 3.8) is 0 Å². The molecule has 182 valence electrons. The minimum absolute atomic E-state index is 0.111. The lowest BCUT2D eigenvalue weighted by Crippen LogP contribution is -2.67. The second-order valence-corrected chi connectivity index (χ2v) is 10.2. The first-order valence-electron chi connectivity index (χ1n) is 11.3. The topological polar surface area (TPSA) is 129 Å². The van der Waals surface area contributed by atoms with Crippen LogP contribution in [0.3, 0.4) is 0 Å². The molecule has 34 heavy (non-hydrogen) atoms. The maximum atomic E-state index is 13.2. The summed E-state index contributed by atoms with van der Waals surface area (Å²) in [6.07, 6.45) is 2.17. The molecule has 2 unspecified atom stereocenters. The fourth-order valence-corrected chi connectivity index (χ4v) is 5.59. The molecule has 4 rings (SSSR count). The number of rotatable bonds is 10. The van der Waals surface area contributed by atoms with Crippen molar-refractivity contribution in [3.05, 3.63) is 53.5 Å². The van der Waals surface area contributed by atoms with Crippen molar-refractivity contribution in [2.24, 2.45) is 5.92 Å². The minimum Gasteiger partial charge on any atom is -0.481 e. The van der Waals surface area contributed by atoms with Crippen LogP contribution in [0.1, 0.15) is 36.9 Å². The van der Waals surface area contributed by atoms with Crippen LogP contribution in [0.25, 0.3) is 0 Å². The van der Waals surface area contributed by atoms with Gasteiger partial charge < -0.3 is 15.3 Å². The molecule has 1 aromatic carbocycles. The van der Waals surface area contributed by atoms with E-state index in [4.69, 9.17) is 5.11 Å². The Labute approximate surface area is 197 Å². The van der Waals surface area contributed by atoms with Gasteiger partial charge in [0.15, 0.2) is 0 Å². The summed E-state index contributed by atoms with van der Waals surface area (Å²) in [5.41, 5.74) is 1.97. The number of carbonyl (C=O) groups excluding carboxylic acids is 1. The molecule has 1 aromatic heterocycles. The van der Waals surface area contributed by atoms with E-state index in [0.717, 1.165) is 60.7 Å². The monoisotopic (exact) mass is 490 g/mol. The molecule has 9 nitrogen and oxygen atoms in total. The zero-order valence-corrected chi connectivity index (χ0v) is 19.4. The Morgan fingerprint density at radius 2 is 2.00 bits per heavy atom. The summed E-state index contributed by atoms with van der Waals surface area (Å²) < 4.78 is 41.5. The Balaban J connectivity index is 1.47. The highest BCUT2D eigenvalue weighted by molar-refractivity contribution is 7.89. The molecule has 2 aliphatic rings. The van der Waals surface area contributed by atoms with Crippen LogP contribution in [0.2, 0.25) is 0 Å². The number of carboxylic acid groups (broad SMARTS) is 1. The fraction of sp³-hybridized carbons (Fsp3) is 0.435. The molecule has 0 spiro atoms. The van der Waals surface area contributed by atoms with E-state index in [2.05, 4.69) is 15.0 Å². The summed E-state index contributed by atoms with van der Waals surface area (Å²) in [7, 11) is -4.02. The van der Waals surface area contributed by atoms with Crippen LogP contribution in [0.15, 0.2) is 41.3 Å². The predicted octanol–water partition coefficient (Wildman–Crippen LogP) is 2.14. The number of aromatic nitrogens is 1. The van der Waals surface area contributed by atoms with Crippen LogP contribution in [-0.2, 0) is 32.5 Å². The number of β-lactam (4-membered cyclic amide) rings is 1. The summed E-state index contributed by atoms with van der Waals surface area (Å²) in [4.78, 5) is 29.6. The van der Waals surface area contributed by atoms with Gasteiger partial charge in [-0.3, -0.25) is 9.59 Å². The van der Waals surface area contributed by atoms with Gasteiger partial charge in [0.05, 0.1) is 10.8 Å². The number of carboxylic acids is 1. The van der Waals surface area contributed by atoms with Gasteiger partial charge in [-0.25, -0.2) is 17.8 Å². The average molecular weight is 491 g/mol. The number of benzene rings is 1. The molecule has 1 saturated heterocycles. The first kappa shape index (κ1) is 24.1. The van der Waals surface area contributed by atoms with E-state index in [-0.39, 0.29) is 30.2 Å². The number of hydrogen-bond acceptors (Lipinski definition) is 6. The van der Waals surface area contributed by atoms with Crippen LogP contribution in [-0.4, -0.2) is 54.5 Å². The van der Waals surface area contributed by atoms with Crippen molar-refractivity contribution < 1.29 is 27.5 Å². The second kappa shape index (κ2) is 10.1. The van der Waals surface area contributed by atoms with Crippen LogP contribution in [0, 0.1) is 11.7 Å². The van der Waals surface area contributed by atoms with E-state index in [1.807, 2.05) is 12.1 Å². The van der Waals surface area contributed by atoms with Crippen molar-refractivity contribution in [3.8, 4) is 0 Å². The SMILES string of the molecule is O=C(O)CCCN1C(=O)C(CCc2ccc3c(n2)NCCC3)C1NS(=O)(=O)c1ccc(F)cc1. The van der Waals surface area contributed by atoms with Gasteiger partial charge in [0.2, 0.25) is 15.9 Å². The number of anilines is 1. The van der Waals surface area contributed by atoms with E-state index in [1.165, 1.54) is 4.90 Å². The van der Waals surface area contributed by atoms with Crippen LogP contribution in [0.5, 0.6) is 0 Å². The number of carbonyl (C=O) groups is 2. The number of likely N-dealkylation sites (tertiary alicyclic amines) is 1. The lowest BCUT2D eigenvalue weighted by Gasteiger charge is -2.47. The summed E-state index contributed by atoms with van der Waals surface area (Å²) in [6, 6.07) is 8.38. The smallest absolute Gasteiger partial charge is 0.303 e. The molecule has 3 N–H and O–H groups in total. The zero-order chi connectivity index (χ0) is 24.3. The zero-order valence-electron chi connectivity index (χ0n) is 18.5. The van der Waals surface area contributed by atoms with Gasteiger partial charge in [-0.15, -0.1) is 0 Å². The number of aryl methyl sites for hydroxylation is 2. The van der Waals surface area contributed by atoms with Gasteiger partial charge in [-0.05, 0) is 68.0 Å². The molecule has 11 heteroatoms. The van der Waals surface area contributed by atoms with E-state index in [1.54, 1.807) is 0 Å². The highest BCUT2D eigenvalue weighted by Gasteiger charge is 2.48. The molecule has 2 aliphatic heterocycles. The predicted molar refractivity (Wildman–Crippen MR) is 122 cm³/mol. The molecule has 1 amide bonds. The summed E-state index contributed by atoms with van der Waals surface area (Å²) in [6.45, 7) is 0.988. The Bertz CT molecular complexity index is 1170. The molecule has 2 aromatic rings. The van der Waals surface area contributed by atoms with Crippen molar-refractivity contribution in [2.45, 2.75) is 49.6 Å². The maximum Gasteiger partial charge on any atom is 0.303 e. The fourth-order valence-electron chi connectivity index (χ4n) is 4.35. The molecule has 0 bridgehead atoms. The summed E-state index contributed by atoms with van der Waals surface area (Å²) >= 11 is 0. The highest BCUT2D eigenvalue weighted by atomic mass is 32.2. The second-order valence-electron chi connectivity index (χ2n) is 8.53. The summed E-state index contributed by atoms with van der Waals surface area (Å²) in [5, 5.41) is 12.2. The van der Waals surface area contributed by atoms with E-state index >= 15 is 0 Å². The van der Waals surface area contributed by atoms with Gasteiger partial charge in [0, 0.05) is 25.2 Å². The molecule has 0 aliphatic carbocycles. The van der Waals surface area contributed by atoms with Crippen molar-refractivity contribution >= 4 is 27.7 Å². The number of pyridine rings is 1. The van der Waals surface area contributed by atoms with Gasteiger partial charge in [-0.2, -0.15) is 4.72 Å². The van der Waals surface area contributed by atoms with Gasteiger partial charge in [-0.1, -0.05) is 6.07 Å². The number of nitrogens with zero attached hydrogens (tertiary/aromatic N) is 2. The number of amides is 1. The minimum atomic E-state index is -4.02. The number of fused-ring (bicyclic) bond motifs is 1. The third-order valence-corrected chi connectivity index (χ3v) is 7.61. The Hall–Kier alpha value is -3.05. The molecule has 1 fully saturated rings. The standard InChI is InChI=1S/C23H27FN4O5S/c24-16-6-10-18(11-7-16)34(32,33)27-22-19(23(31)28(22)14-2-4-20(29)30)12-9-17-8-5-15-3-1-13-25-21(15)26-17/h5-8,10-11,19,22,27H,1-4,9,12-14H2,(H,25,26)(H,29,30). The van der Waals surface area contributed by atoms with E-state index < -0.39 is 33.9 Å².